The van der Waals surface area contributed by atoms with Crippen LogP contribution in [0, 0.1) is 0 Å². The smallest absolute Gasteiger partial charge is 0.137 e. The van der Waals surface area contributed by atoms with Crippen LogP contribution in [0.15, 0.2) is 42.7 Å². The molecule has 3 aromatic rings. The molecule has 2 N–H and O–H groups in total. The van der Waals surface area contributed by atoms with Crippen molar-refractivity contribution in [1.29, 1.82) is 0 Å². The summed E-state index contributed by atoms with van der Waals surface area (Å²) < 4.78 is 1.96. The Balaban J connectivity index is 2.11. The summed E-state index contributed by atoms with van der Waals surface area (Å²) in [6.07, 6.45) is 3.90. The summed E-state index contributed by atoms with van der Waals surface area (Å²) in [7, 11) is 0. The number of aromatic nitrogens is 2. The summed E-state index contributed by atoms with van der Waals surface area (Å²) in [6, 6.07) is 9.44. The molecule has 0 spiro atoms. The number of halogens is 2. The van der Waals surface area contributed by atoms with Gasteiger partial charge in [-0.05, 0) is 29.8 Å². The molecular weight excluding hydrogens is 281 g/mol. The molecule has 96 valence electrons. The Hall–Kier alpha value is -1.55. The average molecular weight is 292 g/mol. The lowest BCUT2D eigenvalue weighted by Crippen LogP contribution is -1.96. The molecule has 0 unspecified atom stereocenters. The number of fused-ring (bicyclic) bond motifs is 1. The first kappa shape index (κ1) is 12.5. The maximum absolute atomic E-state index is 6.03. The fourth-order valence-corrected chi connectivity index (χ4v) is 2.24. The Morgan fingerprint density at radius 2 is 1.95 bits per heavy atom. The van der Waals surface area contributed by atoms with E-state index in [9.17, 15) is 0 Å². The number of imidazole rings is 1. The zero-order valence-corrected chi connectivity index (χ0v) is 11.5. The third-order valence-corrected chi connectivity index (χ3v) is 3.71. The highest BCUT2D eigenvalue weighted by Crippen LogP contribution is 2.28. The van der Waals surface area contributed by atoms with E-state index in [1.54, 1.807) is 6.07 Å². The third kappa shape index (κ3) is 2.32. The fraction of sp³-hybridized carbons (Fsp3) is 0.0714. The van der Waals surface area contributed by atoms with Gasteiger partial charge in [0, 0.05) is 24.5 Å². The summed E-state index contributed by atoms with van der Waals surface area (Å²) in [4.78, 5) is 4.57. The molecule has 2 heterocycles. The molecule has 0 radical (unpaired) electrons. The molecule has 0 aliphatic carbocycles. The van der Waals surface area contributed by atoms with Gasteiger partial charge in [0.05, 0.1) is 15.7 Å². The van der Waals surface area contributed by atoms with Crippen LogP contribution in [0.25, 0.3) is 16.9 Å². The van der Waals surface area contributed by atoms with Gasteiger partial charge in [-0.15, -0.1) is 0 Å². The number of pyridine rings is 1. The number of benzene rings is 1. The first-order valence-electron chi connectivity index (χ1n) is 5.80. The highest BCUT2D eigenvalue weighted by molar-refractivity contribution is 6.42. The van der Waals surface area contributed by atoms with E-state index in [1.807, 2.05) is 41.1 Å². The summed E-state index contributed by atoms with van der Waals surface area (Å²) >= 11 is 11.9. The molecule has 1 aromatic carbocycles. The van der Waals surface area contributed by atoms with Crippen LogP contribution < -0.4 is 5.73 Å². The fourth-order valence-electron chi connectivity index (χ4n) is 1.95. The molecule has 0 amide bonds. The molecule has 0 bridgehead atoms. The van der Waals surface area contributed by atoms with Crippen LogP contribution in [0.5, 0.6) is 0 Å². The molecule has 5 heteroatoms. The van der Waals surface area contributed by atoms with Gasteiger partial charge in [-0.3, -0.25) is 0 Å². The van der Waals surface area contributed by atoms with Gasteiger partial charge in [0.25, 0.3) is 0 Å². The normalized spacial score (nSPS) is 11.1. The third-order valence-electron chi connectivity index (χ3n) is 2.98. The second kappa shape index (κ2) is 4.85. The van der Waals surface area contributed by atoms with E-state index in [2.05, 4.69) is 4.98 Å². The Morgan fingerprint density at radius 1 is 1.11 bits per heavy atom. The van der Waals surface area contributed by atoms with Crippen LogP contribution >= 0.6 is 23.2 Å². The molecule has 0 saturated carbocycles. The van der Waals surface area contributed by atoms with Crippen molar-refractivity contribution in [2.24, 2.45) is 5.73 Å². The quantitative estimate of drug-likeness (QED) is 0.781. The van der Waals surface area contributed by atoms with Crippen molar-refractivity contribution in [1.82, 2.24) is 9.38 Å². The minimum absolute atomic E-state index is 0.505. The van der Waals surface area contributed by atoms with Crippen LogP contribution in [0.3, 0.4) is 0 Å². The lowest BCUT2D eigenvalue weighted by atomic mass is 10.2. The standard InChI is InChI=1S/C14H11Cl2N3/c15-11-2-1-10(6-12(11)16)13-8-19-4-3-9(7-17)5-14(19)18-13/h1-6,8H,7,17H2. The van der Waals surface area contributed by atoms with E-state index < -0.39 is 0 Å². The molecule has 2 aromatic heterocycles. The number of hydrogen-bond donors (Lipinski definition) is 1. The van der Waals surface area contributed by atoms with Crippen molar-refractivity contribution < 1.29 is 0 Å². The van der Waals surface area contributed by atoms with E-state index in [1.165, 1.54) is 0 Å². The van der Waals surface area contributed by atoms with E-state index >= 15 is 0 Å². The summed E-state index contributed by atoms with van der Waals surface area (Å²) in [5.74, 6) is 0. The lowest BCUT2D eigenvalue weighted by molar-refractivity contribution is 1.05. The van der Waals surface area contributed by atoms with Gasteiger partial charge in [-0.25, -0.2) is 4.98 Å². The molecule has 0 atom stereocenters. The molecule has 0 aliphatic rings. The minimum atomic E-state index is 0.505. The minimum Gasteiger partial charge on any atom is -0.326 e. The molecule has 0 aliphatic heterocycles. The van der Waals surface area contributed by atoms with Gasteiger partial charge in [0.15, 0.2) is 0 Å². The van der Waals surface area contributed by atoms with Gasteiger partial charge >= 0.3 is 0 Å². The maximum atomic E-state index is 6.03. The van der Waals surface area contributed by atoms with E-state index in [4.69, 9.17) is 28.9 Å². The van der Waals surface area contributed by atoms with Crippen LogP contribution in [0.4, 0.5) is 0 Å². The first-order chi connectivity index (χ1) is 9.17. The van der Waals surface area contributed by atoms with E-state index in [-0.39, 0.29) is 0 Å². The number of nitrogens with zero attached hydrogens (tertiary/aromatic N) is 2. The van der Waals surface area contributed by atoms with Crippen molar-refractivity contribution in [3.8, 4) is 11.3 Å². The lowest BCUT2D eigenvalue weighted by Gasteiger charge is -1.98. The SMILES string of the molecule is NCc1ccn2cc(-c3ccc(Cl)c(Cl)c3)nc2c1. The predicted molar refractivity (Wildman–Crippen MR) is 78.5 cm³/mol. The van der Waals surface area contributed by atoms with Crippen molar-refractivity contribution in [3.63, 3.8) is 0 Å². The summed E-state index contributed by atoms with van der Waals surface area (Å²) in [5, 5.41) is 1.07. The molecule has 19 heavy (non-hydrogen) atoms. The topological polar surface area (TPSA) is 43.3 Å². The van der Waals surface area contributed by atoms with Crippen LogP contribution in [-0.2, 0) is 6.54 Å². The second-order valence-electron chi connectivity index (χ2n) is 4.26. The summed E-state index contributed by atoms with van der Waals surface area (Å²) in [5.41, 5.74) is 9.34. The Labute approximate surface area is 120 Å². The largest absolute Gasteiger partial charge is 0.326 e. The average Bonchev–Trinajstić information content (AvgIpc) is 2.84. The van der Waals surface area contributed by atoms with Gasteiger partial charge in [-0.2, -0.15) is 0 Å². The van der Waals surface area contributed by atoms with Crippen LogP contribution in [0.1, 0.15) is 5.56 Å². The van der Waals surface area contributed by atoms with E-state index in [0.29, 0.717) is 16.6 Å². The van der Waals surface area contributed by atoms with Crippen molar-refractivity contribution >= 4 is 28.8 Å². The Kier molecular flexibility index (Phi) is 3.19. The van der Waals surface area contributed by atoms with Crippen molar-refractivity contribution in [3.05, 3.63) is 58.3 Å². The molecular formula is C14H11Cl2N3. The monoisotopic (exact) mass is 291 g/mol. The van der Waals surface area contributed by atoms with Crippen LogP contribution in [0.2, 0.25) is 10.0 Å². The summed E-state index contributed by atoms with van der Waals surface area (Å²) in [6.45, 7) is 0.505. The molecule has 0 saturated heterocycles. The molecule has 0 fully saturated rings. The highest BCUT2D eigenvalue weighted by Gasteiger charge is 2.07. The van der Waals surface area contributed by atoms with Crippen molar-refractivity contribution in [2.45, 2.75) is 6.54 Å². The van der Waals surface area contributed by atoms with Gasteiger partial charge in [0.2, 0.25) is 0 Å². The molecule has 3 rings (SSSR count). The van der Waals surface area contributed by atoms with Crippen molar-refractivity contribution in [2.75, 3.05) is 0 Å². The van der Waals surface area contributed by atoms with Gasteiger partial charge in [0.1, 0.15) is 5.65 Å². The molecule has 3 nitrogen and oxygen atoms in total. The highest BCUT2D eigenvalue weighted by atomic mass is 35.5. The van der Waals surface area contributed by atoms with Gasteiger partial charge < -0.3 is 10.1 Å². The number of hydrogen-bond acceptors (Lipinski definition) is 2. The number of rotatable bonds is 2. The Bertz CT molecular complexity index is 750. The maximum Gasteiger partial charge on any atom is 0.137 e. The zero-order valence-electron chi connectivity index (χ0n) is 9.98. The predicted octanol–water partition coefficient (Wildman–Crippen LogP) is 3.77. The van der Waals surface area contributed by atoms with Crippen LogP contribution in [-0.4, -0.2) is 9.38 Å². The second-order valence-corrected chi connectivity index (χ2v) is 5.07. The van der Waals surface area contributed by atoms with Gasteiger partial charge in [-0.1, -0.05) is 29.3 Å². The Morgan fingerprint density at radius 3 is 2.68 bits per heavy atom. The first-order valence-corrected chi connectivity index (χ1v) is 6.56. The number of nitrogens with two attached hydrogens (primary N) is 1. The zero-order chi connectivity index (χ0) is 13.4. The van der Waals surface area contributed by atoms with E-state index in [0.717, 1.165) is 22.5 Å².